The molecule has 0 saturated carbocycles. The van der Waals surface area contributed by atoms with Crippen molar-refractivity contribution in [2.45, 2.75) is 25.6 Å². The summed E-state index contributed by atoms with van der Waals surface area (Å²) in [5, 5.41) is 10.3. The van der Waals surface area contributed by atoms with Gasteiger partial charge in [-0.2, -0.15) is 0 Å². The average molecular weight is 368 g/mol. The third kappa shape index (κ3) is 5.35. The molecule has 2 aromatic carbocycles. The zero-order chi connectivity index (χ0) is 18.4. The number of amides is 1. The fraction of sp³-hybridized carbons (Fsp3) is 0.211. The normalized spacial score (nSPS) is 10.5. The van der Waals surface area contributed by atoms with Gasteiger partial charge in [-0.15, -0.1) is 5.10 Å². The lowest BCUT2D eigenvalue weighted by atomic mass is 10.2. The van der Waals surface area contributed by atoms with Gasteiger partial charge < -0.3 is 10.1 Å². The van der Waals surface area contributed by atoms with Crippen LogP contribution in [0.1, 0.15) is 17.0 Å². The van der Waals surface area contributed by atoms with Crippen LogP contribution in [0.3, 0.4) is 0 Å². The van der Waals surface area contributed by atoms with Gasteiger partial charge in [-0.25, -0.2) is 4.98 Å². The van der Waals surface area contributed by atoms with Gasteiger partial charge in [-0.05, 0) is 49.2 Å². The first-order valence-electron chi connectivity index (χ1n) is 8.18. The third-order valence-corrected chi connectivity index (χ3v) is 4.36. The number of aromatic amines is 1. The number of H-pyrrole nitrogens is 1. The largest absolute Gasteiger partial charge is 0.486 e. The lowest BCUT2D eigenvalue weighted by Crippen LogP contribution is -2.14. The van der Waals surface area contributed by atoms with E-state index in [4.69, 9.17) is 4.74 Å². The second-order valence-corrected chi connectivity index (χ2v) is 6.82. The van der Waals surface area contributed by atoms with Crippen molar-refractivity contribution >= 4 is 23.4 Å². The molecule has 0 atom stereocenters. The Hall–Kier alpha value is -2.80. The summed E-state index contributed by atoms with van der Waals surface area (Å²) in [6.45, 7) is 4.29. The van der Waals surface area contributed by atoms with E-state index in [-0.39, 0.29) is 11.7 Å². The van der Waals surface area contributed by atoms with Crippen LogP contribution < -0.4 is 10.1 Å². The molecule has 0 unspecified atom stereocenters. The lowest BCUT2D eigenvalue weighted by molar-refractivity contribution is -0.113. The summed E-state index contributed by atoms with van der Waals surface area (Å²) in [6, 6.07) is 15.5. The lowest BCUT2D eigenvalue weighted by Gasteiger charge is -2.04. The molecular weight excluding hydrogens is 348 g/mol. The SMILES string of the molecule is Cc1cccc(NC(=O)CSc2n[nH]c(COc3cccc(C)c3)n2)c1. The van der Waals surface area contributed by atoms with Crippen molar-refractivity contribution in [3.8, 4) is 5.75 Å². The van der Waals surface area contributed by atoms with Crippen molar-refractivity contribution in [3.63, 3.8) is 0 Å². The number of hydrogen-bond acceptors (Lipinski definition) is 5. The third-order valence-electron chi connectivity index (χ3n) is 3.51. The van der Waals surface area contributed by atoms with E-state index in [1.807, 2.05) is 62.4 Å². The molecule has 134 valence electrons. The van der Waals surface area contributed by atoms with Crippen LogP contribution in [0.15, 0.2) is 53.7 Å². The van der Waals surface area contributed by atoms with Gasteiger partial charge in [0.25, 0.3) is 0 Å². The zero-order valence-corrected chi connectivity index (χ0v) is 15.5. The summed E-state index contributed by atoms with van der Waals surface area (Å²) >= 11 is 1.28. The van der Waals surface area contributed by atoms with Gasteiger partial charge >= 0.3 is 0 Å². The van der Waals surface area contributed by atoms with Crippen molar-refractivity contribution < 1.29 is 9.53 Å². The van der Waals surface area contributed by atoms with Crippen LogP contribution in [0.5, 0.6) is 5.75 Å². The molecule has 0 aliphatic rings. The summed E-state index contributed by atoms with van der Waals surface area (Å²) in [5.41, 5.74) is 3.02. The van der Waals surface area contributed by atoms with Crippen LogP contribution in [0, 0.1) is 13.8 Å². The topological polar surface area (TPSA) is 79.9 Å². The van der Waals surface area contributed by atoms with Gasteiger partial charge in [0.15, 0.2) is 5.82 Å². The van der Waals surface area contributed by atoms with Crippen LogP contribution in [0.2, 0.25) is 0 Å². The Balaban J connectivity index is 1.46. The molecular formula is C19H20N4O2S. The predicted molar refractivity (Wildman–Crippen MR) is 102 cm³/mol. The van der Waals surface area contributed by atoms with Crippen molar-refractivity contribution in [2.24, 2.45) is 0 Å². The number of hydrogen-bond donors (Lipinski definition) is 2. The van der Waals surface area contributed by atoms with Gasteiger partial charge in [-0.1, -0.05) is 36.0 Å². The van der Waals surface area contributed by atoms with Crippen molar-refractivity contribution in [1.82, 2.24) is 15.2 Å². The highest BCUT2D eigenvalue weighted by atomic mass is 32.2. The van der Waals surface area contributed by atoms with Crippen molar-refractivity contribution in [2.75, 3.05) is 11.1 Å². The number of anilines is 1. The van der Waals surface area contributed by atoms with Gasteiger partial charge in [0.1, 0.15) is 12.4 Å². The molecule has 0 saturated heterocycles. The number of aromatic nitrogens is 3. The van der Waals surface area contributed by atoms with Gasteiger partial charge in [0.2, 0.25) is 11.1 Å². The van der Waals surface area contributed by atoms with E-state index in [0.717, 1.165) is 22.6 Å². The summed E-state index contributed by atoms with van der Waals surface area (Å²) in [6.07, 6.45) is 0. The van der Waals surface area contributed by atoms with Gasteiger partial charge in [0.05, 0.1) is 5.75 Å². The van der Waals surface area contributed by atoms with Crippen LogP contribution >= 0.6 is 11.8 Å². The highest BCUT2D eigenvalue weighted by molar-refractivity contribution is 7.99. The number of benzene rings is 2. The Bertz CT molecular complexity index is 895. The Morgan fingerprint density at radius 1 is 1.15 bits per heavy atom. The molecule has 26 heavy (non-hydrogen) atoms. The van der Waals surface area contributed by atoms with Crippen molar-refractivity contribution in [1.29, 1.82) is 0 Å². The van der Waals surface area contributed by atoms with E-state index < -0.39 is 0 Å². The van der Waals surface area contributed by atoms with E-state index in [0.29, 0.717) is 17.6 Å². The zero-order valence-electron chi connectivity index (χ0n) is 14.7. The Kier molecular flexibility index (Phi) is 5.91. The molecule has 3 aromatic rings. The quantitative estimate of drug-likeness (QED) is 0.621. The number of carbonyl (C=O) groups excluding carboxylic acids is 1. The summed E-state index contributed by atoms with van der Waals surface area (Å²) in [4.78, 5) is 16.4. The number of nitrogens with one attached hydrogen (secondary N) is 2. The highest BCUT2D eigenvalue weighted by Gasteiger charge is 2.09. The average Bonchev–Trinajstić information content (AvgIpc) is 3.06. The molecule has 0 radical (unpaired) electrons. The second-order valence-electron chi connectivity index (χ2n) is 5.88. The summed E-state index contributed by atoms with van der Waals surface area (Å²) in [7, 11) is 0. The molecule has 0 aliphatic carbocycles. The molecule has 1 amide bonds. The predicted octanol–water partition coefficient (Wildman–Crippen LogP) is 3.73. The molecule has 0 aliphatic heterocycles. The maximum absolute atomic E-state index is 12.0. The number of rotatable bonds is 7. The number of carbonyl (C=O) groups is 1. The Morgan fingerprint density at radius 3 is 2.69 bits per heavy atom. The van der Waals surface area contributed by atoms with E-state index in [9.17, 15) is 4.79 Å². The Morgan fingerprint density at radius 2 is 1.92 bits per heavy atom. The fourth-order valence-electron chi connectivity index (χ4n) is 2.31. The number of ether oxygens (including phenoxy) is 1. The van der Waals surface area contributed by atoms with E-state index in [1.165, 1.54) is 11.8 Å². The Labute approximate surface area is 156 Å². The molecule has 6 nitrogen and oxygen atoms in total. The first-order chi connectivity index (χ1) is 12.6. The van der Waals surface area contributed by atoms with Crippen molar-refractivity contribution in [3.05, 3.63) is 65.5 Å². The molecule has 1 aromatic heterocycles. The molecule has 0 fully saturated rings. The van der Waals surface area contributed by atoms with Crippen LogP contribution in [0.4, 0.5) is 5.69 Å². The smallest absolute Gasteiger partial charge is 0.234 e. The molecule has 0 bridgehead atoms. The monoisotopic (exact) mass is 368 g/mol. The van der Waals surface area contributed by atoms with E-state index in [2.05, 4.69) is 20.5 Å². The van der Waals surface area contributed by atoms with E-state index >= 15 is 0 Å². The summed E-state index contributed by atoms with van der Waals surface area (Å²) in [5.74, 6) is 1.55. The molecule has 7 heteroatoms. The first-order valence-corrected chi connectivity index (χ1v) is 9.17. The number of nitrogens with zero attached hydrogens (tertiary/aromatic N) is 2. The molecule has 0 spiro atoms. The van der Waals surface area contributed by atoms with Crippen LogP contribution in [0.25, 0.3) is 0 Å². The minimum absolute atomic E-state index is 0.0945. The fourth-order valence-corrected chi connectivity index (χ4v) is 2.93. The minimum atomic E-state index is -0.0945. The van der Waals surface area contributed by atoms with E-state index in [1.54, 1.807) is 0 Å². The molecule has 3 rings (SSSR count). The standard InChI is InChI=1S/C19H20N4O2S/c1-13-5-3-7-15(9-13)20-18(24)12-26-19-21-17(22-23-19)11-25-16-8-4-6-14(2)10-16/h3-10H,11-12H2,1-2H3,(H,20,24)(H,21,22,23). The number of aryl methyl sites for hydroxylation is 2. The maximum atomic E-state index is 12.0. The minimum Gasteiger partial charge on any atom is -0.486 e. The summed E-state index contributed by atoms with van der Waals surface area (Å²) < 4.78 is 5.68. The van der Waals surface area contributed by atoms with Gasteiger partial charge in [-0.3, -0.25) is 9.89 Å². The van der Waals surface area contributed by atoms with Gasteiger partial charge in [0, 0.05) is 5.69 Å². The molecule has 2 N–H and O–H groups in total. The first kappa shape index (κ1) is 18.0. The highest BCUT2D eigenvalue weighted by Crippen LogP contribution is 2.16. The maximum Gasteiger partial charge on any atom is 0.234 e. The second kappa shape index (κ2) is 8.53. The number of thioether (sulfide) groups is 1. The van der Waals surface area contributed by atoms with Crippen LogP contribution in [-0.4, -0.2) is 26.8 Å². The van der Waals surface area contributed by atoms with Crippen LogP contribution in [-0.2, 0) is 11.4 Å². The molecule has 1 heterocycles.